The molecule has 0 saturated heterocycles. The van der Waals surface area contributed by atoms with Gasteiger partial charge in [0.1, 0.15) is 11.6 Å². The van der Waals surface area contributed by atoms with Gasteiger partial charge in [-0.2, -0.15) is 0 Å². The Hall–Kier alpha value is -2.48. The molecule has 23 heavy (non-hydrogen) atoms. The lowest BCUT2D eigenvalue weighted by Crippen LogP contribution is -2.33. The first-order valence-corrected chi connectivity index (χ1v) is 7.18. The summed E-state index contributed by atoms with van der Waals surface area (Å²) in [6.07, 6.45) is 1.61. The van der Waals surface area contributed by atoms with E-state index in [2.05, 4.69) is 4.74 Å². The molecule has 0 aromatic heterocycles. The number of nitrogens with zero attached hydrogens (tertiary/aromatic N) is 1. The lowest BCUT2D eigenvalue weighted by molar-refractivity contribution is -0.385. The number of carbonyl (C=O) groups is 2. The van der Waals surface area contributed by atoms with Gasteiger partial charge in [0.2, 0.25) is 0 Å². The average molecular weight is 324 g/mol. The summed E-state index contributed by atoms with van der Waals surface area (Å²) in [6, 6.07) is 3.07. The monoisotopic (exact) mass is 324 g/mol. The van der Waals surface area contributed by atoms with Crippen LogP contribution in [-0.4, -0.2) is 36.6 Å². The fourth-order valence-corrected chi connectivity index (χ4v) is 1.91. The van der Waals surface area contributed by atoms with Crippen molar-refractivity contribution in [3.63, 3.8) is 0 Å². The Bertz CT molecular complexity index is 587. The molecule has 1 aromatic carbocycles. The third kappa shape index (κ3) is 5.33. The number of hydrogen-bond donors (Lipinski definition) is 1. The van der Waals surface area contributed by atoms with Crippen LogP contribution in [0.4, 0.5) is 5.69 Å². The number of nitro groups is 1. The molecule has 0 unspecified atom stereocenters. The molecule has 1 atom stereocenters. The molecule has 8 heteroatoms. The van der Waals surface area contributed by atoms with Crippen molar-refractivity contribution in [1.82, 2.24) is 0 Å². The maximum Gasteiger partial charge on any atom is 0.345 e. The summed E-state index contributed by atoms with van der Waals surface area (Å²) >= 11 is 0. The molecule has 0 aliphatic heterocycles. The van der Waals surface area contributed by atoms with Gasteiger partial charge in [0.15, 0.2) is 0 Å². The molecule has 0 fully saturated rings. The summed E-state index contributed by atoms with van der Waals surface area (Å²) in [5.74, 6) is -1.37. The van der Waals surface area contributed by atoms with Gasteiger partial charge in [-0.1, -0.05) is 19.4 Å². The van der Waals surface area contributed by atoms with Crippen molar-refractivity contribution in [2.45, 2.75) is 32.2 Å². The van der Waals surface area contributed by atoms with Crippen LogP contribution in [0, 0.1) is 10.1 Å². The van der Waals surface area contributed by atoms with Crippen LogP contribution in [-0.2, 0) is 20.7 Å². The van der Waals surface area contributed by atoms with Crippen LogP contribution in [0.15, 0.2) is 18.2 Å². The van der Waals surface area contributed by atoms with Crippen LogP contribution in [0.1, 0.15) is 35.7 Å². The minimum absolute atomic E-state index is 0.0971. The molecule has 0 aliphatic carbocycles. The summed E-state index contributed by atoms with van der Waals surface area (Å²) in [7, 11) is 1.22. The van der Waals surface area contributed by atoms with Crippen molar-refractivity contribution in [3.8, 4) is 0 Å². The Balaban J connectivity index is 3.00. The highest BCUT2D eigenvalue weighted by Crippen LogP contribution is 2.22. The minimum atomic E-state index is -0.912. The highest BCUT2D eigenvalue weighted by atomic mass is 16.6. The second-order valence-corrected chi connectivity index (χ2v) is 4.93. The lowest BCUT2D eigenvalue weighted by Gasteiger charge is -2.10. The predicted molar refractivity (Wildman–Crippen MR) is 82.0 cm³/mol. The third-order valence-corrected chi connectivity index (χ3v) is 3.17. The van der Waals surface area contributed by atoms with E-state index in [0.717, 1.165) is 6.42 Å². The standard InChI is InChI=1S/C15H20N2O6/c1-3-4-7-23-14(18)11-8-10(5-6-13(11)17(20)21)9-12(16)15(19)22-2/h5-6,8,12H,3-4,7,9,16H2,1-2H3/t12-/m0/s1. The largest absolute Gasteiger partial charge is 0.468 e. The molecule has 1 rings (SSSR count). The van der Waals surface area contributed by atoms with E-state index in [4.69, 9.17) is 10.5 Å². The molecule has 0 heterocycles. The van der Waals surface area contributed by atoms with Crippen LogP contribution in [0.5, 0.6) is 0 Å². The summed E-state index contributed by atoms with van der Waals surface area (Å²) in [6.45, 7) is 2.13. The van der Waals surface area contributed by atoms with Crippen LogP contribution in [0.25, 0.3) is 0 Å². The number of unbranched alkanes of at least 4 members (excludes halogenated alkanes) is 1. The van der Waals surface area contributed by atoms with E-state index < -0.39 is 22.9 Å². The van der Waals surface area contributed by atoms with Crippen LogP contribution < -0.4 is 5.73 Å². The van der Waals surface area contributed by atoms with Crippen molar-refractivity contribution in [3.05, 3.63) is 39.4 Å². The molecule has 0 amide bonds. The SMILES string of the molecule is CCCCOC(=O)c1cc(C[C@H](N)C(=O)OC)ccc1[N+](=O)[O-]. The Labute approximate surface area is 133 Å². The number of methoxy groups -OCH3 is 1. The van der Waals surface area contributed by atoms with Crippen LogP contribution >= 0.6 is 0 Å². The van der Waals surface area contributed by atoms with E-state index in [-0.39, 0.29) is 24.3 Å². The molecule has 0 aliphatic rings. The molecule has 8 nitrogen and oxygen atoms in total. The van der Waals surface area contributed by atoms with Crippen LogP contribution in [0.3, 0.4) is 0 Å². The van der Waals surface area contributed by atoms with Gasteiger partial charge in [0.05, 0.1) is 18.6 Å². The number of carbonyl (C=O) groups excluding carboxylic acids is 2. The van der Waals surface area contributed by atoms with Gasteiger partial charge < -0.3 is 15.2 Å². The Morgan fingerprint density at radius 1 is 1.39 bits per heavy atom. The fourth-order valence-electron chi connectivity index (χ4n) is 1.91. The van der Waals surface area contributed by atoms with Gasteiger partial charge in [-0.05, 0) is 24.5 Å². The zero-order valence-electron chi connectivity index (χ0n) is 13.1. The molecule has 126 valence electrons. The second-order valence-electron chi connectivity index (χ2n) is 4.93. The minimum Gasteiger partial charge on any atom is -0.468 e. The summed E-state index contributed by atoms with van der Waals surface area (Å²) in [5.41, 5.74) is 5.67. The number of esters is 2. The maximum absolute atomic E-state index is 12.0. The van der Waals surface area contributed by atoms with Gasteiger partial charge in [-0.3, -0.25) is 14.9 Å². The van der Waals surface area contributed by atoms with Crippen molar-refractivity contribution in [2.24, 2.45) is 5.73 Å². The normalized spacial score (nSPS) is 11.6. The molecule has 0 spiro atoms. The topological polar surface area (TPSA) is 122 Å². The number of nitrogens with two attached hydrogens (primary N) is 1. The number of ether oxygens (including phenoxy) is 2. The third-order valence-electron chi connectivity index (χ3n) is 3.17. The molecule has 2 N–H and O–H groups in total. The van der Waals surface area contributed by atoms with Gasteiger partial charge in [-0.25, -0.2) is 4.79 Å². The van der Waals surface area contributed by atoms with Crippen molar-refractivity contribution in [2.75, 3.05) is 13.7 Å². The molecular formula is C15H20N2O6. The van der Waals surface area contributed by atoms with E-state index in [1.165, 1.54) is 25.3 Å². The predicted octanol–water partition coefficient (Wildman–Crippen LogP) is 1.59. The van der Waals surface area contributed by atoms with E-state index >= 15 is 0 Å². The van der Waals surface area contributed by atoms with Gasteiger partial charge in [0.25, 0.3) is 5.69 Å². The van der Waals surface area contributed by atoms with Crippen molar-refractivity contribution < 1.29 is 24.0 Å². The van der Waals surface area contributed by atoms with Crippen molar-refractivity contribution >= 4 is 17.6 Å². The zero-order chi connectivity index (χ0) is 17.4. The number of rotatable bonds is 8. The Morgan fingerprint density at radius 2 is 2.09 bits per heavy atom. The molecule has 1 aromatic rings. The smallest absolute Gasteiger partial charge is 0.345 e. The maximum atomic E-state index is 12.0. The molecule has 0 saturated carbocycles. The quantitative estimate of drug-likeness (QED) is 0.333. The molecular weight excluding hydrogens is 304 g/mol. The highest BCUT2D eigenvalue weighted by molar-refractivity contribution is 5.94. The Morgan fingerprint density at radius 3 is 2.65 bits per heavy atom. The summed E-state index contributed by atoms with van der Waals surface area (Å²) in [5, 5.41) is 11.0. The van der Waals surface area contributed by atoms with E-state index in [1.54, 1.807) is 0 Å². The van der Waals surface area contributed by atoms with E-state index in [9.17, 15) is 19.7 Å². The van der Waals surface area contributed by atoms with E-state index in [0.29, 0.717) is 12.0 Å². The molecule has 0 bridgehead atoms. The summed E-state index contributed by atoms with van der Waals surface area (Å²) < 4.78 is 9.55. The van der Waals surface area contributed by atoms with Gasteiger partial charge in [0, 0.05) is 6.07 Å². The Kier molecular flexibility index (Phi) is 7.14. The first-order valence-electron chi connectivity index (χ1n) is 7.18. The zero-order valence-corrected chi connectivity index (χ0v) is 13.1. The number of nitro benzene ring substituents is 1. The molecule has 0 radical (unpaired) electrons. The fraction of sp³-hybridized carbons (Fsp3) is 0.467. The number of benzene rings is 1. The van der Waals surface area contributed by atoms with Gasteiger partial charge >= 0.3 is 11.9 Å². The number of hydrogen-bond acceptors (Lipinski definition) is 7. The lowest BCUT2D eigenvalue weighted by atomic mass is 10.0. The average Bonchev–Trinajstić information content (AvgIpc) is 2.53. The highest BCUT2D eigenvalue weighted by Gasteiger charge is 2.23. The van der Waals surface area contributed by atoms with Crippen LogP contribution in [0.2, 0.25) is 0 Å². The first kappa shape index (κ1) is 18.6. The first-order chi connectivity index (χ1) is 10.9. The van der Waals surface area contributed by atoms with Crippen molar-refractivity contribution in [1.29, 1.82) is 0 Å². The van der Waals surface area contributed by atoms with Gasteiger partial charge in [-0.15, -0.1) is 0 Å². The van der Waals surface area contributed by atoms with E-state index in [1.807, 2.05) is 6.92 Å². The second kappa shape index (κ2) is 8.84. The summed E-state index contributed by atoms with van der Waals surface area (Å²) in [4.78, 5) is 33.8.